The van der Waals surface area contributed by atoms with Gasteiger partial charge in [-0.1, -0.05) is 12.1 Å². The zero-order valence-corrected chi connectivity index (χ0v) is 11.5. The Labute approximate surface area is 110 Å². The van der Waals surface area contributed by atoms with Crippen LogP contribution >= 0.6 is 0 Å². The first-order valence-electron chi connectivity index (χ1n) is 6.94. The number of hydrogen-bond acceptors (Lipinski definition) is 3. The average molecular weight is 248 g/mol. The van der Waals surface area contributed by atoms with Crippen LogP contribution in [0.25, 0.3) is 0 Å². The molecule has 18 heavy (non-hydrogen) atoms. The lowest BCUT2D eigenvalue weighted by Crippen LogP contribution is -2.36. The van der Waals surface area contributed by atoms with Crippen LogP contribution in [0.2, 0.25) is 0 Å². The molecule has 1 aromatic rings. The van der Waals surface area contributed by atoms with E-state index >= 15 is 0 Å². The van der Waals surface area contributed by atoms with E-state index in [1.54, 1.807) is 0 Å². The predicted octanol–water partition coefficient (Wildman–Crippen LogP) is 2.27. The van der Waals surface area contributed by atoms with Gasteiger partial charge in [0.1, 0.15) is 5.75 Å². The maximum atomic E-state index is 5.47. The van der Waals surface area contributed by atoms with Gasteiger partial charge in [-0.2, -0.15) is 0 Å². The van der Waals surface area contributed by atoms with Crippen LogP contribution in [0.5, 0.6) is 5.75 Å². The molecule has 1 N–H and O–H groups in total. The van der Waals surface area contributed by atoms with Crippen LogP contribution in [0.3, 0.4) is 0 Å². The van der Waals surface area contributed by atoms with Crippen molar-refractivity contribution >= 4 is 0 Å². The van der Waals surface area contributed by atoms with Crippen LogP contribution in [0, 0.1) is 0 Å². The molecular weight excluding hydrogens is 224 g/mol. The Balaban J connectivity index is 1.92. The molecule has 1 saturated heterocycles. The van der Waals surface area contributed by atoms with Crippen LogP contribution in [0.15, 0.2) is 24.3 Å². The van der Waals surface area contributed by atoms with E-state index in [0.717, 1.165) is 25.4 Å². The van der Waals surface area contributed by atoms with E-state index < -0.39 is 0 Å². The molecule has 0 amide bonds. The second kappa shape index (κ2) is 6.76. The normalized spacial score (nSPS) is 20.2. The summed E-state index contributed by atoms with van der Waals surface area (Å²) in [5.74, 6) is 0.967. The second-order valence-corrected chi connectivity index (χ2v) is 4.90. The van der Waals surface area contributed by atoms with E-state index in [1.807, 2.05) is 14.0 Å². The molecule has 0 spiro atoms. The van der Waals surface area contributed by atoms with Gasteiger partial charge < -0.3 is 10.1 Å². The van der Waals surface area contributed by atoms with E-state index in [-0.39, 0.29) is 0 Å². The molecule has 0 radical (unpaired) electrons. The molecule has 1 unspecified atom stereocenters. The quantitative estimate of drug-likeness (QED) is 0.836. The van der Waals surface area contributed by atoms with Crippen molar-refractivity contribution in [1.82, 2.24) is 10.2 Å². The van der Waals surface area contributed by atoms with Gasteiger partial charge in [-0.15, -0.1) is 0 Å². The molecule has 0 aromatic heterocycles. The maximum absolute atomic E-state index is 5.47. The molecular formula is C15H24N2O. The van der Waals surface area contributed by atoms with Crippen molar-refractivity contribution in [2.75, 3.05) is 26.7 Å². The highest BCUT2D eigenvalue weighted by Crippen LogP contribution is 2.20. The molecule has 2 rings (SSSR count). The molecule has 1 atom stereocenters. The van der Waals surface area contributed by atoms with Crippen molar-refractivity contribution in [3.63, 3.8) is 0 Å². The van der Waals surface area contributed by atoms with Gasteiger partial charge in [-0.3, -0.25) is 4.90 Å². The van der Waals surface area contributed by atoms with E-state index in [4.69, 9.17) is 4.74 Å². The predicted molar refractivity (Wildman–Crippen MR) is 75.0 cm³/mol. The average Bonchev–Trinajstić information content (AvgIpc) is 2.80. The number of likely N-dealkylation sites (N-methyl/N-ethyl adjacent to an activating group) is 1. The minimum atomic E-state index is 0.696. The lowest BCUT2D eigenvalue weighted by atomic mass is 10.1. The molecule has 0 aliphatic carbocycles. The van der Waals surface area contributed by atoms with Crippen molar-refractivity contribution in [2.24, 2.45) is 0 Å². The first kappa shape index (κ1) is 13.4. The molecule has 1 aliphatic heterocycles. The van der Waals surface area contributed by atoms with Crippen molar-refractivity contribution < 1.29 is 4.74 Å². The lowest BCUT2D eigenvalue weighted by molar-refractivity contribution is 0.242. The Kier molecular flexibility index (Phi) is 5.02. The molecule has 100 valence electrons. The highest BCUT2D eigenvalue weighted by Gasteiger charge is 2.23. The number of benzene rings is 1. The summed E-state index contributed by atoms with van der Waals surface area (Å²) < 4.78 is 5.47. The number of nitrogens with zero attached hydrogens (tertiary/aromatic N) is 1. The van der Waals surface area contributed by atoms with Gasteiger partial charge in [-0.05, 0) is 51.1 Å². The van der Waals surface area contributed by atoms with Gasteiger partial charge in [0.15, 0.2) is 0 Å². The van der Waals surface area contributed by atoms with Crippen LogP contribution < -0.4 is 10.1 Å². The van der Waals surface area contributed by atoms with Gasteiger partial charge >= 0.3 is 0 Å². The topological polar surface area (TPSA) is 24.5 Å². The van der Waals surface area contributed by atoms with Gasteiger partial charge in [0.05, 0.1) is 6.61 Å². The summed E-state index contributed by atoms with van der Waals surface area (Å²) in [6, 6.07) is 9.20. The first-order chi connectivity index (χ1) is 8.83. The SMILES string of the molecule is CCOc1ccc(CN2CCCC2CNC)cc1. The van der Waals surface area contributed by atoms with E-state index in [0.29, 0.717) is 6.04 Å². The molecule has 3 nitrogen and oxygen atoms in total. The Morgan fingerprint density at radius 3 is 2.78 bits per heavy atom. The van der Waals surface area contributed by atoms with Gasteiger partial charge in [0, 0.05) is 19.1 Å². The van der Waals surface area contributed by atoms with Crippen LogP contribution in [0.4, 0.5) is 0 Å². The fourth-order valence-electron chi connectivity index (χ4n) is 2.66. The summed E-state index contributed by atoms with van der Waals surface area (Å²) in [7, 11) is 2.04. The molecule has 3 heteroatoms. The van der Waals surface area contributed by atoms with Crippen molar-refractivity contribution in [1.29, 1.82) is 0 Å². The molecule has 1 aliphatic rings. The third kappa shape index (κ3) is 3.47. The fourth-order valence-corrected chi connectivity index (χ4v) is 2.66. The summed E-state index contributed by atoms with van der Waals surface area (Å²) in [6.07, 6.45) is 2.64. The van der Waals surface area contributed by atoms with E-state index in [2.05, 4.69) is 34.5 Å². The minimum Gasteiger partial charge on any atom is -0.494 e. The molecule has 0 saturated carbocycles. The summed E-state index contributed by atoms with van der Waals surface area (Å²) >= 11 is 0. The van der Waals surface area contributed by atoms with Crippen LogP contribution in [0.1, 0.15) is 25.3 Å². The Bertz CT molecular complexity index is 350. The van der Waals surface area contributed by atoms with Crippen LogP contribution in [-0.2, 0) is 6.54 Å². The third-order valence-electron chi connectivity index (χ3n) is 3.56. The number of nitrogens with one attached hydrogen (secondary N) is 1. The number of rotatable bonds is 6. The molecule has 1 aromatic carbocycles. The lowest BCUT2D eigenvalue weighted by Gasteiger charge is -2.24. The highest BCUT2D eigenvalue weighted by molar-refractivity contribution is 5.27. The first-order valence-corrected chi connectivity index (χ1v) is 6.94. The van der Waals surface area contributed by atoms with Gasteiger partial charge in [0.2, 0.25) is 0 Å². The monoisotopic (exact) mass is 248 g/mol. The zero-order valence-electron chi connectivity index (χ0n) is 11.5. The third-order valence-corrected chi connectivity index (χ3v) is 3.56. The van der Waals surface area contributed by atoms with E-state index in [1.165, 1.54) is 24.9 Å². The van der Waals surface area contributed by atoms with Crippen molar-refractivity contribution in [2.45, 2.75) is 32.4 Å². The maximum Gasteiger partial charge on any atom is 0.119 e. The molecule has 1 fully saturated rings. The minimum absolute atomic E-state index is 0.696. The summed E-state index contributed by atoms with van der Waals surface area (Å²) in [6.45, 7) is 6.12. The Morgan fingerprint density at radius 1 is 1.33 bits per heavy atom. The Morgan fingerprint density at radius 2 is 2.11 bits per heavy atom. The zero-order chi connectivity index (χ0) is 12.8. The van der Waals surface area contributed by atoms with Crippen LogP contribution in [-0.4, -0.2) is 37.7 Å². The van der Waals surface area contributed by atoms with Crippen molar-refractivity contribution in [3.05, 3.63) is 29.8 Å². The highest BCUT2D eigenvalue weighted by atomic mass is 16.5. The standard InChI is InChI=1S/C15H24N2O/c1-3-18-15-8-6-13(7-9-15)12-17-10-4-5-14(17)11-16-2/h6-9,14,16H,3-5,10-12H2,1-2H3. The molecule has 1 heterocycles. The number of hydrogen-bond donors (Lipinski definition) is 1. The summed E-state index contributed by atoms with van der Waals surface area (Å²) in [4.78, 5) is 2.58. The summed E-state index contributed by atoms with van der Waals surface area (Å²) in [5.41, 5.74) is 1.38. The van der Waals surface area contributed by atoms with E-state index in [9.17, 15) is 0 Å². The van der Waals surface area contributed by atoms with Gasteiger partial charge in [-0.25, -0.2) is 0 Å². The molecule has 0 bridgehead atoms. The number of ether oxygens (including phenoxy) is 1. The number of likely N-dealkylation sites (tertiary alicyclic amines) is 1. The summed E-state index contributed by atoms with van der Waals surface area (Å²) in [5, 5.41) is 3.29. The smallest absolute Gasteiger partial charge is 0.119 e. The largest absolute Gasteiger partial charge is 0.494 e. The van der Waals surface area contributed by atoms with Gasteiger partial charge in [0.25, 0.3) is 0 Å². The van der Waals surface area contributed by atoms with Crippen molar-refractivity contribution in [3.8, 4) is 5.75 Å². The second-order valence-electron chi connectivity index (χ2n) is 4.90. The fraction of sp³-hybridized carbons (Fsp3) is 0.600. The Hall–Kier alpha value is -1.06.